The maximum Gasteiger partial charge on any atom is 0.308 e. The highest BCUT2D eigenvalue weighted by Gasteiger charge is 2.29. The van der Waals surface area contributed by atoms with Crippen LogP contribution in [0.1, 0.15) is 25.8 Å². The second-order valence-electron chi connectivity index (χ2n) is 7.15. The topological polar surface area (TPSA) is 92.8 Å². The predicted molar refractivity (Wildman–Crippen MR) is 110 cm³/mol. The molecule has 0 radical (unpaired) electrons. The monoisotopic (exact) mass is 416 g/mol. The second kappa shape index (κ2) is 8.65. The van der Waals surface area contributed by atoms with Crippen LogP contribution in [0.4, 0.5) is 11.4 Å². The molecule has 154 valence electrons. The van der Waals surface area contributed by atoms with Gasteiger partial charge in [0.15, 0.2) is 6.61 Å². The molecule has 0 fully saturated rings. The van der Waals surface area contributed by atoms with Crippen molar-refractivity contribution in [1.29, 1.82) is 0 Å². The molecule has 1 amide bonds. The Kier molecular flexibility index (Phi) is 6.22. The summed E-state index contributed by atoms with van der Waals surface area (Å²) in [5, 5.41) is 2.69. The normalized spacial score (nSPS) is 13.7. The molecule has 0 aromatic heterocycles. The first-order valence-corrected chi connectivity index (χ1v) is 10.9. The van der Waals surface area contributed by atoms with Crippen LogP contribution in [0.25, 0.3) is 0 Å². The van der Waals surface area contributed by atoms with E-state index in [9.17, 15) is 18.0 Å². The van der Waals surface area contributed by atoms with Crippen LogP contribution in [0.3, 0.4) is 0 Å². The molecule has 1 aliphatic rings. The van der Waals surface area contributed by atoms with Crippen LogP contribution in [0, 0.1) is 5.92 Å². The van der Waals surface area contributed by atoms with E-state index in [1.165, 1.54) is 4.31 Å². The fourth-order valence-electron chi connectivity index (χ4n) is 3.11. The molecule has 2 aromatic rings. The van der Waals surface area contributed by atoms with Crippen molar-refractivity contribution in [1.82, 2.24) is 0 Å². The fourth-order valence-corrected chi connectivity index (χ4v) is 4.67. The van der Waals surface area contributed by atoms with Gasteiger partial charge in [-0.25, -0.2) is 8.42 Å². The van der Waals surface area contributed by atoms with Crippen LogP contribution < -0.4 is 9.62 Å². The number of nitrogens with one attached hydrogen (secondary N) is 1. The number of nitrogens with zero attached hydrogens (tertiary/aromatic N) is 1. The van der Waals surface area contributed by atoms with Gasteiger partial charge >= 0.3 is 5.97 Å². The quantitative estimate of drug-likeness (QED) is 0.731. The molecule has 1 N–H and O–H groups in total. The van der Waals surface area contributed by atoms with Gasteiger partial charge in [-0.1, -0.05) is 32.0 Å². The second-order valence-corrected chi connectivity index (χ2v) is 9.01. The number of ether oxygens (including phenoxy) is 1. The summed E-state index contributed by atoms with van der Waals surface area (Å²) < 4.78 is 32.4. The summed E-state index contributed by atoms with van der Waals surface area (Å²) in [5.74, 6) is -1.18. The zero-order valence-electron chi connectivity index (χ0n) is 16.4. The van der Waals surface area contributed by atoms with Crippen molar-refractivity contribution in [2.75, 3.05) is 22.8 Å². The highest BCUT2D eigenvalue weighted by molar-refractivity contribution is 7.92. The van der Waals surface area contributed by atoms with E-state index in [0.717, 1.165) is 5.56 Å². The molecular weight excluding hydrogens is 392 g/mol. The summed E-state index contributed by atoms with van der Waals surface area (Å²) >= 11 is 0. The lowest BCUT2D eigenvalue weighted by Gasteiger charge is -2.30. The third-order valence-corrected chi connectivity index (χ3v) is 6.41. The first-order valence-electron chi connectivity index (χ1n) is 9.46. The van der Waals surface area contributed by atoms with E-state index in [0.29, 0.717) is 30.8 Å². The summed E-state index contributed by atoms with van der Waals surface area (Å²) in [5.41, 5.74) is 1.99. The van der Waals surface area contributed by atoms with Gasteiger partial charge in [0.25, 0.3) is 15.9 Å². The molecule has 0 unspecified atom stereocenters. The van der Waals surface area contributed by atoms with Gasteiger partial charge in [0.2, 0.25) is 0 Å². The zero-order valence-corrected chi connectivity index (χ0v) is 17.2. The summed E-state index contributed by atoms with van der Waals surface area (Å²) in [6.45, 7) is 3.43. The zero-order chi connectivity index (χ0) is 21.0. The van der Waals surface area contributed by atoms with Gasteiger partial charge in [-0.05, 0) is 48.7 Å². The van der Waals surface area contributed by atoms with Crippen LogP contribution in [0.2, 0.25) is 0 Å². The van der Waals surface area contributed by atoms with Crippen LogP contribution >= 0.6 is 0 Å². The third kappa shape index (κ3) is 4.76. The van der Waals surface area contributed by atoms with Gasteiger partial charge in [0, 0.05) is 12.2 Å². The minimum Gasteiger partial charge on any atom is -0.455 e. The largest absolute Gasteiger partial charge is 0.455 e. The summed E-state index contributed by atoms with van der Waals surface area (Å²) in [4.78, 5) is 23.7. The highest BCUT2D eigenvalue weighted by atomic mass is 32.2. The number of fused-ring (bicyclic) bond motifs is 1. The van der Waals surface area contributed by atoms with Crippen molar-refractivity contribution in [3.05, 3.63) is 54.1 Å². The Labute approximate surface area is 170 Å². The van der Waals surface area contributed by atoms with Crippen molar-refractivity contribution < 1.29 is 22.7 Å². The lowest BCUT2D eigenvalue weighted by Crippen LogP contribution is -2.35. The van der Waals surface area contributed by atoms with E-state index in [1.54, 1.807) is 62.4 Å². The first-order chi connectivity index (χ1) is 13.8. The van der Waals surface area contributed by atoms with Gasteiger partial charge in [0.05, 0.1) is 16.5 Å². The third-order valence-electron chi connectivity index (χ3n) is 4.59. The number of hydrogen-bond acceptors (Lipinski definition) is 5. The van der Waals surface area contributed by atoms with Gasteiger partial charge in [-0.15, -0.1) is 0 Å². The molecule has 0 spiro atoms. The minimum absolute atomic E-state index is 0.247. The Morgan fingerprint density at radius 2 is 1.86 bits per heavy atom. The SMILES string of the molecule is CC(C)C(=O)OCC(=O)Nc1ccc2c(c1)CCCN2S(=O)(=O)c1ccccc1. The Hall–Kier alpha value is -2.87. The van der Waals surface area contributed by atoms with Crippen LogP contribution in [-0.4, -0.2) is 33.4 Å². The van der Waals surface area contributed by atoms with Crippen LogP contribution in [-0.2, 0) is 30.8 Å². The van der Waals surface area contributed by atoms with E-state index in [2.05, 4.69) is 5.32 Å². The number of rotatable bonds is 6. The van der Waals surface area contributed by atoms with Crippen molar-refractivity contribution in [2.45, 2.75) is 31.6 Å². The Morgan fingerprint density at radius 3 is 2.55 bits per heavy atom. The van der Waals surface area contributed by atoms with Crippen LogP contribution in [0.15, 0.2) is 53.4 Å². The highest BCUT2D eigenvalue weighted by Crippen LogP contribution is 2.33. The average molecular weight is 416 g/mol. The molecular formula is C21H24N2O5S. The number of esters is 1. The number of anilines is 2. The minimum atomic E-state index is -3.65. The van der Waals surface area contributed by atoms with E-state index in [-0.39, 0.29) is 17.4 Å². The van der Waals surface area contributed by atoms with Gasteiger partial charge < -0.3 is 10.1 Å². The maximum absolute atomic E-state index is 13.0. The molecule has 0 atom stereocenters. The number of carbonyl (C=O) groups is 2. The van der Waals surface area contributed by atoms with Gasteiger partial charge in [0.1, 0.15) is 0 Å². The average Bonchev–Trinajstić information content (AvgIpc) is 2.71. The number of hydrogen-bond donors (Lipinski definition) is 1. The van der Waals surface area contributed by atoms with Crippen molar-refractivity contribution in [2.24, 2.45) is 5.92 Å². The number of aryl methyl sites for hydroxylation is 1. The molecule has 8 heteroatoms. The summed E-state index contributed by atoms with van der Waals surface area (Å²) in [7, 11) is -3.65. The number of carbonyl (C=O) groups excluding carboxylic acids is 2. The summed E-state index contributed by atoms with van der Waals surface area (Å²) in [6.07, 6.45) is 1.39. The first kappa shape index (κ1) is 20.9. The Bertz CT molecular complexity index is 1000. The van der Waals surface area contributed by atoms with E-state index in [1.807, 2.05) is 0 Å². The molecule has 1 aliphatic heterocycles. The standard InChI is InChI=1S/C21H24N2O5S/c1-15(2)21(25)28-14-20(24)22-17-10-11-19-16(13-17)7-6-12-23(19)29(26,27)18-8-4-3-5-9-18/h3-5,8-11,13,15H,6-7,12,14H2,1-2H3,(H,22,24). The molecule has 7 nitrogen and oxygen atoms in total. The fraction of sp³-hybridized carbons (Fsp3) is 0.333. The van der Waals surface area contributed by atoms with E-state index < -0.39 is 21.9 Å². The molecule has 0 saturated carbocycles. The Balaban J connectivity index is 1.76. The Morgan fingerprint density at radius 1 is 1.14 bits per heavy atom. The van der Waals surface area contributed by atoms with Crippen molar-refractivity contribution in [3.8, 4) is 0 Å². The van der Waals surface area contributed by atoms with E-state index in [4.69, 9.17) is 4.74 Å². The molecule has 29 heavy (non-hydrogen) atoms. The molecule has 3 rings (SSSR count). The summed E-state index contributed by atoms with van der Waals surface area (Å²) in [6, 6.07) is 13.4. The predicted octanol–water partition coefficient (Wildman–Crippen LogP) is 2.97. The van der Waals surface area contributed by atoms with Gasteiger partial charge in [-0.2, -0.15) is 0 Å². The smallest absolute Gasteiger partial charge is 0.308 e. The van der Waals surface area contributed by atoms with Crippen molar-refractivity contribution >= 4 is 33.3 Å². The number of benzene rings is 2. The van der Waals surface area contributed by atoms with Gasteiger partial charge in [-0.3, -0.25) is 13.9 Å². The molecule has 2 aromatic carbocycles. The molecule has 0 bridgehead atoms. The lowest BCUT2D eigenvalue weighted by atomic mass is 10.0. The lowest BCUT2D eigenvalue weighted by molar-refractivity contribution is -0.150. The number of amides is 1. The van der Waals surface area contributed by atoms with Crippen LogP contribution in [0.5, 0.6) is 0 Å². The maximum atomic E-state index is 13.0. The molecule has 1 heterocycles. The molecule has 0 saturated heterocycles. The van der Waals surface area contributed by atoms with Crippen molar-refractivity contribution in [3.63, 3.8) is 0 Å². The number of sulfonamides is 1. The van der Waals surface area contributed by atoms with E-state index >= 15 is 0 Å². The molecule has 0 aliphatic carbocycles.